The molecule has 5 aromatic rings. The van der Waals surface area contributed by atoms with Gasteiger partial charge >= 0.3 is 0 Å². The molecular formula is C26H24N6O3. The van der Waals surface area contributed by atoms with Crippen molar-refractivity contribution in [3.8, 4) is 22.9 Å². The quantitative estimate of drug-likeness (QED) is 0.368. The lowest BCUT2D eigenvalue weighted by Gasteiger charge is -2.13. The molecule has 0 radical (unpaired) electrons. The molecule has 0 bridgehead atoms. The smallest absolute Gasteiger partial charge is 0.251 e. The number of rotatable bonds is 7. The number of benzene rings is 1. The van der Waals surface area contributed by atoms with Gasteiger partial charge in [0.05, 0.1) is 48.7 Å². The van der Waals surface area contributed by atoms with Gasteiger partial charge in [0.25, 0.3) is 5.91 Å². The highest BCUT2D eigenvalue weighted by atomic mass is 16.5. The van der Waals surface area contributed by atoms with Gasteiger partial charge in [0.2, 0.25) is 5.88 Å². The molecule has 2 N–H and O–H groups in total. The van der Waals surface area contributed by atoms with Gasteiger partial charge < -0.3 is 19.8 Å². The van der Waals surface area contributed by atoms with Gasteiger partial charge in [0.15, 0.2) is 0 Å². The molecule has 0 aliphatic carbocycles. The predicted molar refractivity (Wildman–Crippen MR) is 132 cm³/mol. The van der Waals surface area contributed by atoms with Gasteiger partial charge in [0.1, 0.15) is 17.1 Å². The predicted octanol–water partition coefficient (Wildman–Crippen LogP) is 4.21. The number of methoxy groups -OCH3 is 1. The summed E-state index contributed by atoms with van der Waals surface area (Å²) < 4.78 is 11.4. The number of H-pyrrole nitrogens is 1. The molecule has 1 amide bonds. The van der Waals surface area contributed by atoms with Crippen molar-refractivity contribution in [3.05, 3.63) is 71.9 Å². The standard InChI is InChI=1S/C26H24N6O3/c1-4-35-23-12-21(18-7-5-15(2)29-26(18)34-3)30-20-11-16(6-8-17(20)23)25(33)28-14-24-31-19-9-10-27-13-22(19)32-24/h5-13H,4,14H2,1-3H3,(H,28,33)(H,31,32). The second-order valence-corrected chi connectivity index (χ2v) is 7.94. The fraction of sp³-hybridized carbons (Fsp3) is 0.192. The first-order valence-electron chi connectivity index (χ1n) is 11.2. The van der Waals surface area contributed by atoms with Crippen LogP contribution in [0.5, 0.6) is 11.6 Å². The molecule has 0 atom stereocenters. The van der Waals surface area contributed by atoms with Gasteiger partial charge in [-0.2, -0.15) is 0 Å². The number of hydrogen-bond donors (Lipinski definition) is 2. The minimum absolute atomic E-state index is 0.231. The topological polar surface area (TPSA) is 115 Å². The van der Waals surface area contributed by atoms with Crippen LogP contribution in [-0.4, -0.2) is 44.5 Å². The number of aryl methyl sites for hydroxylation is 1. The van der Waals surface area contributed by atoms with Crippen molar-refractivity contribution >= 4 is 27.8 Å². The van der Waals surface area contributed by atoms with Crippen molar-refractivity contribution in [2.45, 2.75) is 20.4 Å². The zero-order chi connectivity index (χ0) is 24.4. The third-order valence-corrected chi connectivity index (χ3v) is 5.55. The van der Waals surface area contributed by atoms with E-state index < -0.39 is 0 Å². The van der Waals surface area contributed by atoms with Crippen LogP contribution in [0, 0.1) is 6.92 Å². The first-order valence-corrected chi connectivity index (χ1v) is 11.2. The summed E-state index contributed by atoms with van der Waals surface area (Å²) in [4.78, 5) is 33.9. The highest BCUT2D eigenvalue weighted by molar-refractivity contribution is 5.99. The molecule has 9 nitrogen and oxygen atoms in total. The van der Waals surface area contributed by atoms with Crippen LogP contribution in [0.3, 0.4) is 0 Å². The molecule has 5 rings (SSSR count). The number of carbonyl (C=O) groups is 1. The molecule has 0 unspecified atom stereocenters. The monoisotopic (exact) mass is 468 g/mol. The Morgan fingerprint density at radius 2 is 1.94 bits per heavy atom. The molecule has 0 spiro atoms. The number of carbonyl (C=O) groups excluding carboxylic acids is 1. The van der Waals surface area contributed by atoms with Crippen LogP contribution in [-0.2, 0) is 6.54 Å². The summed E-state index contributed by atoms with van der Waals surface area (Å²) >= 11 is 0. The van der Waals surface area contributed by atoms with Gasteiger partial charge in [-0.1, -0.05) is 0 Å². The van der Waals surface area contributed by atoms with Gasteiger partial charge in [-0.25, -0.2) is 15.0 Å². The maximum atomic E-state index is 12.9. The Labute approximate surface area is 201 Å². The molecule has 0 saturated heterocycles. The molecule has 35 heavy (non-hydrogen) atoms. The molecule has 9 heteroatoms. The minimum Gasteiger partial charge on any atom is -0.493 e. The number of amides is 1. The lowest BCUT2D eigenvalue weighted by molar-refractivity contribution is 0.0950. The Balaban J connectivity index is 1.47. The van der Waals surface area contributed by atoms with E-state index in [1.807, 2.05) is 44.2 Å². The molecule has 0 saturated carbocycles. The molecule has 4 aromatic heterocycles. The number of aromatic amines is 1. The number of nitrogens with one attached hydrogen (secondary N) is 2. The van der Waals surface area contributed by atoms with Gasteiger partial charge in [-0.15, -0.1) is 0 Å². The van der Waals surface area contributed by atoms with Crippen LogP contribution < -0.4 is 14.8 Å². The molecule has 0 aliphatic heterocycles. The third kappa shape index (κ3) is 4.48. The van der Waals surface area contributed by atoms with E-state index >= 15 is 0 Å². The van der Waals surface area contributed by atoms with E-state index in [0.717, 1.165) is 27.7 Å². The van der Waals surface area contributed by atoms with Crippen molar-refractivity contribution in [3.63, 3.8) is 0 Å². The van der Waals surface area contributed by atoms with Crippen LogP contribution in [0.2, 0.25) is 0 Å². The third-order valence-electron chi connectivity index (χ3n) is 5.55. The molecule has 176 valence electrons. The second-order valence-electron chi connectivity index (χ2n) is 7.94. The van der Waals surface area contributed by atoms with E-state index in [9.17, 15) is 4.79 Å². The van der Waals surface area contributed by atoms with Crippen LogP contribution in [0.15, 0.2) is 54.9 Å². The normalized spacial score (nSPS) is 11.1. The van der Waals surface area contributed by atoms with E-state index in [4.69, 9.17) is 14.5 Å². The van der Waals surface area contributed by atoms with Gasteiger partial charge in [-0.05, 0) is 50.2 Å². The number of nitrogens with zero attached hydrogens (tertiary/aromatic N) is 4. The largest absolute Gasteiger partial charge is 0.493 e. The number of aromatic nitrogens is 5. The minimum atomic E-state index is -0.231. The van der Waals surface area contributed by atoms with Crippen molar-refractivity contribution in [1.29, 1.82) is 0 Å². The van der Waals surface area contributed by atoms with Crippen molar-refractivity contribution < 1.29 is 14.3 Å². The first kappa shape index (κ1) is 22.3. The SMILES string of the molecule is CCOc1cc(-c2ccc(C)nc2OC)nc2cc(C(=O)NCc3nc4cnccc4[nH]3)ccc12. The van der Waals surface area contributed by atoms with Crippen molar-refractivity contribution in [2.24, 2.45) is 0 Å². The summed E-state index contributed by atoms with van der Waals surface area (Å²) in [5.41, 5.74) is 4.98. The Morgan fingerprint density at radius 3 is 2.74 bits per heavy atom. The van der Waals surface area contributed by atoms with E-state index in [2.05, 4.69) is 25.3 Å². The highest BCUT2D eigenvalue weighted by Crippen LogP contribution is 2.34. The Hall–Kier alpha value is -4.53. The summed E-state index contributed by atoms with van der Waals surface area (Å²) in [5, 5.41) is 3.73. The lowest BCUT2D eigenvalue weighted by atomic mass is 10.1. The average molecular weight is 469 g/mol. The van der Waals surface area contributed by atoms with Crippen molar-refractivity contribution in [1.82, 2.24) is 30.2 Å². The van der Waals surface area contributed by atoms with E-state index in [1.54, 1.807) is 31.6 Å². The fourth-order valence-electron chi connectivity index (χ4n) is 3.89. The van der Waals surface area contributed by atoms with Crippen LogP contribution in [0.4, 0.5) is 0 Å². The Bertz CT molecular complexity index is 1510. The summed E-state index contributed by atoms with van der Waals surface area (Å²) in [5.74, 6) is 1.58. The van der Waals surface area contributed by atoms with Crippen molar-refractivity contribution in [2.75, 3.05) is 13.7 Å². The maximum Gasteiger partial charge on any atom is 0.251 e. The zero-order valence-electron chi connectivity index (χ0n) is 19.6. The number of imidazole rings is 1. The number of fused-ring (bicyclic) bond motifs is 2. The van der Waals surface area contributed by atoms with E-state index in [-0.39, 0.29) is 12.5 Å². The second kappa shape index (κ2) is 9.38. The number of ether oxygens (including phenoxy) is 2. The Morgan fingerprint density at radius 1 is 1.06 bits per heavy atom. The van der Waals surface area contributed by atoms with Crippen LogP contribution in [0.25, 0.3) is 33.2 Å². The molecule has 4 heterocycles. The molecular weight excluding hydrogens is 444 g/mol. The molecule has 0 fully saturated rings. The van der Waals surface area contributed by atoms with E-state index in [1.165, 1.54) is 0 Å². The zero-order valence-corrected chi connectivity index (χ0v) is 19.6. The maximum absolute atomic E-state index is 12.9. The van der Waals surface area contributed by atoms with Crippen LogP contribution in [0.1, 0.15) is 28.8 Å². The summed E-state index contributed by atoms with van der Waals surface area (Å²) in [6.45, 7) is 4.58. The summed E-state index contributed by atoms with van der Waals surface area (Å²) in [6.07, 6.45) is 3.37. The molecule has 1 aromatic carbocycles. The Kier molecular flexibility index (Phi) is 5.97. The fourth-order valence-corrected chi connectivity index (χ4v) is 3.89. The van der Waals surface area contributed by atoms with Crippen LogP contribution >= 0.6 is 0 Å². The van der Waals surface area contributed by atoms with Gasteiger partial charge in [-0.3, -0.25) is 9.78 Å². The lowest BCUT2D eigenvalue weighted by Crippen LogP contribution is -2.23. The summed E-state index contributed by atoms with van der Waals surface area (Å²) in [7, 11) is 1.58. The van der Waals surface area contributed by atoms with E-state index in [0.29, 0.717) is 40.8 Å². The number of pyridine rings is 3. The summed E-state index contributed by atoms with van der Waals surface area (Å²) in [6, 6.07) is 12.9. The first-order chi connectivity index (χ1) is 17.1. The highest BCUT2D eigenvalue weighted by Gasteiger charge is 2.16. The van der Waals surface area contributed by atoms with Gasteiger partial charge in [0, 0.05) is 28.9 Å². The number of hydrogen-bond acceptors (Lipinski definition) is 7. The molecule has 0 aliphatic rings. The average Bonchev–Trinajstić information content (AvgIpc) is 3.30.